The van der Waals surface area contributed by atoms with Crippen LogP contribution in [-0.4, -0.2) is 64.9 Å². The Labute approximate surface area is 211 Å². The van der Waals surface area contributed by atoms with Crippen LogP contribution >= 0.6 is 0 Å². The van der Waals surface area contributed by atoms with Crippen LogP contribution in [0.5, 0.6) is 0 Å². The van der Waals surface area contributed by atoms with Crippen molar-refractivity contribution in [3.05, 3.63) is 77.5 Å². The minimum atomic E-state index is -0.507. The Bertz CT molecular complexity index is 1260. The van der Waals surface area contributed by atoms with Crippen molar-refractivity contribution in [2.45, 2.75) is 33.2 Å². The lowest BCUT2D eigenvalue weighted by atomic mass is 9.96. The minimum Gasteiger partial charge on any atom is -0.378 e. The molecule has 1 amide bonds. The van der Waals surface area contributed by atoms with Gasteiger partial charge in [-0.2, -0.15) is 0 Å². The molecule has 3 heterocycles. The highest BCUT2D eigenvalue weighted by atomic mass is 19.1. The number of ether oxygens (including phenoxy) is 1. The van der Waals surface area contributed by atoms with E-state index < -0.39 is 11.7 Å². The smallest absolute Gasteiger partial charge is 0.275 e. The Kier molecular flexibility index (Phi) is 7.12. The molecule has 0 atom stereocenters. The van der Waals surface area contributed by atoms with Crippen LogP contribution in [0.15, 0.2) is 59.9 Å². The predicted octanol–water partition coefficient (Wildman–Crippen LogP) is 4.38. The largest absolute Gasteiger partial charge is 0.378 e. The molecule has 1 fully saturated rings. The third-order valence-electron chi connectivity index (χ3n) is 6.19. The van der Waals surface area contributed by atoms with Crippen molar-refractivity contribution in [2.75, 3.05) is 38.7 Å². The zero-order valence-electron chi connectivity index (χ0n) is 21.5. The fourth-order valence-electron chi connectivity index (χ4n) is 4.16. The van der Waals surface area contributed by atoms with Crippen LogP contribution < -0.4 is 5.32 Å². The molecule has 0 saturated carbocycles. The number of allylic oxidation sites excluding steroid dienone is 3. The number of halogens is 1. The highest BCUT2D eigenvalue weighted by molar-refractivity contribution is 6.03. The van der Waals surface area contributed by atoms with Crippen LogP contribution in [0, 0.1) is 12.7 Å². The molecule has 190 valence electrons. The number of carbonyl (C=O) groups excluding carboxylic acids is 1. The molecule has 9 heteroatoms. The Hall–Kier alpha value is -3.72. The maximum Gasteiger partial charge on any atom is 0.275 e. The Morgan fingerprint density at radius 3 is 2.61 bits per heavy atom. The fourth-order valence-corrected chi connectivity index (χ4v) is 4.16. The van der Waals surface area contributed by atoms with E-state index in [1.165, 1.54) is 6.07 Å². The number of rotatable bonds is 5. The van der Waals surface area contributed by atoms with E-state index in [0.717, 1.165) is 41.3 Å². The summed E-state index contributed by atoms with van der Waals surface area (Å²) in [7, 11) is 1.72. The van der Waals surface area contributed by atoms with Crippen molar-refractivity contribution in [1.82, 2.24) is 19.4 Å². The maximum atomic E-state index is 14.9. The number of imidazole rings is 1. The summed E-state index contributed by atoms with van der Waals surface area (Å²) in [5.41, 5.74) is 3.25. The Morgan fingerprint density at radius 1 is 1.25 bits per heavy atom. The molecule has 1 saturated heterocycles. The van der Waals surface area contributed by atoms with Gasteiger partial charge in [-0.25, -0.2) is 9.37 Å². The van der Waals surface area contributed by atoms with Gasteiger partial charge in [0.15, 0.2) is 0 Å². The number of hydrogen-bond acceptors (Lipinski definition) is 5. The van der Waals surface area contributed by atoms with E-state index in [1.807, 2.05) is 49.3 Å². The number of aliphatic imine (C=N–C) groups is 1. The first-order chi connectivity index (χ1) is 17.1. The van der Waals surface area contributed by atoms with E-state index in [2.05, 4.69) is 26.8 Å². The van der Waals surface area contributed by atoms with E-state index in [9.17, 15) is 9.18 Å². The van der Waals surface area contributed by atoms with Gasteiger partial charge in [-0.05, 0) is 68.7 Å². The average Bonchev–Trinajstić information content (AvgIpc) is 3.34. The fraction of sp³-hybridized carbons (Fsp3) is 0.370. The first-order valence-electron chi connectivity index (χ1n) is 11.9. The van der Waals surface area contributed by atoms with Crippen LogP contribution in [0.2, 0.25) is 0 Å². The van der Waals surface area contributed by atoms with Gasteiger partial charge in [0.1, 0.15) is 17.3 Å². The van der Waals surface area contributed by atoms with Crippen LogP contribution in [0.4, 0.5) is 10.1 Å². The molecule has 0 spiro atoms. The number of amides is 1. The van der Waals surface area contributed by atoms with Gasteiger partial charge in [-0.15, -0.1) is 0 Å². The summed E-state index contributed by atoms with van der Waals surface area (Å²) in [6.07, 6.45) is 8.97. The molecule has 0 unspecified atom stereocenters. The maximum absolute atomic E-state index is 14.9. The van der Waals surface area contributed by atoms with Gasteiger partial charge < -0.3 is 19.5 Å². The summed E-state index contributed by atoms with van der Waals surface area (Å²) < 4.78 is 22.3. The van der Waals surface area contributed by atoms with Crippen molar-refractivity contribution in [3.63, 3.8) is 0 Å². The van der Waals surface area contributed by atoms with Crippen LogP contribution in [0.25, 0.3) is 5.57 Å². The molecular weight excluding hydrogens is 459 g/mol. The molecule has 1 aromatic heterocycles. The normalized spacial score (nSPS) is 16.9. The lowest BCUT2D eigenvalue weighted by molar-refractivity contribution is 0.0459. The second-order valence-electron chi connectivity index (χ2n) is 9.87. The second kappa shape index (κ2) is 10.1. The van der Waals surface area contributed by atoms with Crippen molar-refractivity contribution < 1.29 is 13.9 Å². The summed E-state index contributed by atoms with van der Waals surface area (Å²) in [6, 6.07) is 3.10. The molecule has 0 radical (unpaired) electrons. The van der Waals surface area contributed by atoms with Crippen molar-refractivity contribution in [2.24, 2.45) is 4.99 Å². The molecular formula is C27H33FN6O2. The predicted molar refractivity (Wildman–Crippen MR) is 140 cm³/mol. The first-order valence-corrected chi connectivity index (χ1v) is 11.9. The third-order valence-corrected chi connectivity index (χ3v) is 6.19. The number of hydrogen-bond donors (Lipinski definition) is 1. The van der Waals surface area contributed by atoms with Gasteiger partial charge in [0.05, 0.1) is 31.6 Å². The lowest BCUT2D eigenvalue weighted by Gasteiger charge is -2.38. The van der Waals surface area contributed by atoms with Crippen molar-refractivity contribution in [3.8, 4) is 0 Å². The van der Waals surface area contributed by atoms with Gasteiger partial charge in [0.25, 0.3) is 5.91 Å². The quantitative estimate of drug-likeness (QED) is 0.495. The zero-order valence-corrected chi connectivity index (χ0v) is 21.5. The number of anilines is 1. The third kappa shape index (κ3) is 5.26. The molecule has 4 rings (SSSR count). The lowest BCUT2D eigenvalue weighted by Crippen LogP contribution is -2.42. The Morgan fingerprint density at radius 2 is 1.97 bits per heavy atom. The topological polar surface area (TPSA) is 75.0 Å². The SMILES string of the molecule is C=C1C=C(c2cc(NC(=O)c3cn(C(C)(C)C)cn3)c(F)cc2C)C=C(N2CCOCC2)N1C=NC. The highest BCUT2D eigenvalue weighted by Gasteiger charge is 2.25. The van der Waals surface area contributed by atoms with E-state index in [0.29, 0.717) is 13.2 Å². The van der Waals surface area contributed by atoms with Gasteiger partial charge in [0, 0.05) is 37.6 Å². The number of nitrogens with one attached hydrogen (secondary N) is 1. The molecule has 0 bridgehead atoms. The average molecular weight is 493 g/mol. The van der Waals surface area contributed by atoms with E-state index in [-0.39, 0.29) is 16.9 Å². The number of benzene rings is 1. The molecule has 0 aliphatic carbocycles. The van der Waals surface area contributed by atoms with Crippen molar-refractivity contribution in [1.29, 1.82) is 0 Å². The number of morpholine rings is 1. The van der Waals surface area contributed by atoms with E-state index in [1.54, 1.807) is 32.0 Å². The van der Waals surface area contributed by atoms with Crippen LogP contribution in [-0.2, 0) is 10.3 Å². The van der Waals surface area contributed by atoms with Crippen molar-refractivity contribution >= 4 is 23.5 Å². The standard InChI is InChI=1S/C27H33FN6O2/c1-18-11-22(28)23(31-26(35)24-15-33(17-30-24)27(3,4)5)14-21(18)20-12-19(2)34(16-29-6)25(13-20)32-7-9-36-10-8-32/h11-17H,2,7-10H2,1,3-6H3,(H,31,35). The van der Waals surface area contributed by atoms with Gasteiger partial charge in [0.2, 0.25) is 0 Å². The Balaban J connectivity index is 1.67. The zero-order chi connectivity index (χ0) is 26.0. The second-order valence-corrected chi connectivity index (χ2v) is 9.87. The minimum absolute atomic E-state index is 0.0938. The summed E-state index contributed by atoms with van der Waals surface area (Å²) in [6.45, 7) is 14.9. The molecule has 1 N–H and O–H groups in total. The number of aromatic nitrogens is 2. The molecule has 2 aliphatic heterocycles. The number of aryl methyl sites for hydroxylation is 1. The first kappa shape index (κ1) is 25.4. The summed E-state index contributed by atoms with van der Waals surface area (Å²) in [5.74, 6) is -0.0516. The molecule has 36 heavy (non-hydrogen) atoms. The number of nitrogens with zero attached hydrogens (tertiary/aromatic N) is 5. The van der Waals surface area contributed by atoms with Crippen LogP contribution in [0.3, 0.4) is 0 Å². The summed E-state index contributed by atoms with van der Waals surface area (Å²) in [4.78, 5) is 25.4. The highest BCUT2D eigenvalue weighted by Crippen LogP contribution is 2.33. The molecule has 2 aromatic rings. The molecule has 2 aliphatic rings. The molecule has 1 aromatic carbocycles. The van der Waals surface area contributed by atoms with E-state index in [4.69, 9.17) is 4.74 Å². The van der Waals surface area contributed by atoms with Gasteiger partial charge in [-0.3, -0.25) is 14.7 Å². The monoisotopic (exact) mass is 492 g/mol. The summed E-state index contributed by atoms with van der Waals surface area (Å²) >= 11 is 0. The molecule has 8 nitrogen and oxygen atoms in total. The van der Waals surface area contributed by atoms with Gasteiger partial charge in [-0.1, -0.05) is 6.58 Å². The van der Waals surface area contributed by atoms with E-state index >= 15 is 0 Å². The summed E-state index contributed by atoms with van der Waals surface area (Å²) in [5, 5.41) is 2.69. The van der Waals surface area contributed by atoms with Gasteiger partial charge >= 0.3 is 0 Å². The number of carbonyl (C=O) groups is 1. The van der Waals surface area contributed by atoms with Crippen LogP contribution in [0.1, 0.15) is 42.4 Å².